The number of nitrogens with zero attached hydrogens (tertiary/aromatic N) is 2. The van der Waals surface area contributed by atoms with Gasteiger partial charge < -0.3 is 5.32 Å². The first-order valence-electron chi connectivity index (χ1n) is 7.12. The minimum atomic E-state index is 0.783. The Hall–Kier alpha value is -1.29. The van der Waals surface area contributed by atoms with E-state index < -0.39 is 0 Å². The number of hydrogen-bond acceptors (Lipinski definition) is 2. The van der Waals surface area contributed by atoms with Gasteiger partial charge in [0.05, 0.1) is 22.4 Å². The van der Waals surface area contributed by atoms with E-state index in [2.05, 4.69) is 76.9 Å². The second kappa shape index (κ2) is 6.44. The Morgan fingerprint density at radius 3 is 2.65 bits per heavy atom. The molecule has 0 radical (unpaired) electrons. The van der Waals surface area contributed by atoms with E-state index in [1.807, 2.05) is 0 Å². The molecule has 4 heteroatoms. The van der Waals surface area contributed by atoms with E-state index in [0.29, 0.717) is 0 Å². The summed E-state index contributed by atoms with van der Waals surface area (Å²) in [4.78, 5) is 0. The third-order valence-electron chi connectivity index (χ3n) is 3.53. The first-order chi connectivity index (χ1) is 9.56. The fraction of sp³-hybridized carbons (Fsp3) is 0.438. The van der Waals surface area contributed by atoms with Crippen LogP contribution in [0.4, 0.5) is 5.69 Å². The van der Waals surface area contributed by atoms with Crippen molar-refractivity contribution in [3.63, 3.8) is 0 Å². The third-order valence-corrected chi connectivity index (χ3v) is 4.45. The van der Waals surface area contributed by atoms with Gasteiger partial charge in [0.25, 0.3) is 0 Å². The molecule has 0 saturated carbocycles. The van der Waals surface area contributed by atoms with Gasteiger partial charge >= 0.3 is 0 Å². The third kappa shape index (κ3) is 3.06. The van der Waals surface area contributed by atoms with Crippen LogP contribution in [0.3, 0.4) is 0 Å². The Morgan fingerprint density at radius 1 is 1.25 bits per heavy atom. The fourth-order valence-electron chi connectivity index (χ4n) is 2.29. The predicted molar refractivity (Wildman–Crippen MR) is 88.2 cm³/mol. The van der Waals surface area contributed by atoms with Crippen LogP contribution in [0, 0.1) is 13.8 Å². The summed E-state index contributed by atoms with van der Waals surface area (Å²) >= 11 is 3.69. The number of rotatable bonds is 5. The summed E-state index contributed by atoms with van der Waals surface area (Å²) in [6.45, 7) is 10.2. The van der Waals surface area contributed by atoms with Crippen LogP contribution in [0.15, 0.2) is 22.7 Å². The minimum Gasteiger partial charge on any atom is -0.379 e. The number of aromatic nitrogens is 2. The summed E-state index contributed by atoms with van der Waals surface area (Å²) in [6.07, 6.45) is 0.948. The Kier molecular flexibility index (Phi) is 4.86. The van der Waals surface area contributed by atoms with Gasteiger partial charge in [0.2, 0.25) is 0 Å². The van der Waals surface area contributed by atoms with Crippen LogP contribution < -0.4 is 5.32 Å². The van der Waals surface area contributed by atoms with E-state index in [9.17, 15) is 0 Å². The largest absolute Gasteiger partial charge is 0.379 e. The molecule has 3 nitrogen and oxygen atoms in total. The molecule has 0 fully saturated rings. The maximum atomic E-state index is 4.63. The highest BCUT2D eigenvalue weighted by Gasteiger charge is 2.13. The molecule has 0 saturated heterocycles. The summed E-state index contributed by atoms with van der Waals surface area (Å²) in [6, 6.07) is 6.49. The van der Waals surface area contributed by atoms with Crippen molar-refractivity contribution in [1.29, 1.82) is 0 Å². The lowest BCUT2D eigenvalue weighted by molar-refractivity contribution is 0.619. The SMILES string of the molecule is CCc1nn(CC)c(CNc2cc(C)ccc2C)c1Br. The summed E-state index contributed by atoms with van der Waals surface area (Å²) in [5, 5.41) is 8.16. The van der Waals surface area contributed by atoms with Crippen molar-refractivity contribution in [3.05, 3.63) is 45.2 Å². The number of aryl methyl sites for hydroxylation is 4. The number of benzene rings is 1. The molecule has 0 unspecified atom stereocenters. The maximum Gasteiger partial charge on any atom is 0.0767 e. The zero-order chi connectivity index (χ0) is 14.7. The average molecular weight is 336 g/mol. The van der Waals surface area contributed by atoms with Gasteiger partial charge in [0.15, 0.2) is 0 Å². The number of nitrogens with one attached hydrogen (secondary N) is 1. The molecule has 0 aliphatic rings. The van der Waals surface area contributed by atoms with Gasteiger partial charge in [-0.1, -0.05) is 19.1 Å². The molecule has 0 aliphatic carbocycles. The number of hydrogen-bond donors (Lipinski definition) is 1. The molecule has 1 heterocycles. The quantitative estimate of drug-likeness (QED) is 0.874. The van der Waals surface area contributed by atoms with Crippen molar-refractivity contribution in [2.24, 2.45) is 0 Å². The van der Waals surface area contributed by atoms with E-state index in [0.717, 1.165) is 29.7 Å². The Balaban J connectivity index is 2.22. The molecule has 2 rings (SSSR count). The summed E-state index contributed by atoms with van der Waals surface area (Å²) in [7, 11) is 0. The zero-order valence-electron chi connectivity index (χ0n) is 12.6. The Bertz CT molecular complexity index is 602. The Morgan fingerprint density at radius 2 is 2.00 bits per heavy atom. The molecule has 0 bridgehead atoms. The van der Waals surface area contributed by atoms with Gasteiger partial charge in [-0.2, -0.15) is 5.10 Å². The van der Waals surface area contributed by atoms with E-state index >= 15 is 0 Å². The highest BCUT2D eigenvalue weighted by Crippen LogP contribution is 2.24. The number of halogens is 1. The second-order valence-corrected chi connectivity index (χ2v) is 5.84. The highest BCUT2D eigenvalue weighted by atomic mass is 79.9. The Labute approximate surface area is 129 Å². The molecule has 0 spiro atoms. The van der Waals surface area contributed by atoms with Gasteiger partial charge in [-0.15, -0.1) is 0 Å². The zero-order valence-corrected chi connectivity index (χ0v) is 14.2. The van der Waals surface area contributed by atoms with Gasteiger partial charge in [-0.25, -0.2) is 0 Å². The molecule has 1 aromatic carbocycles. The first-order valence-corrected chi connectivity index (χ1v) is 7.91. The van der Waals surface area contributed by atoms with E-state index in [4.69, 9.17) is 0 Å². The van der Waals surface area contributed by atoms with Crippen molar-refractivity contribution in [2.75, 3.05) is 5.32 Å². The monoisotopic (exact) mass is 335 g/mol. The lowest BCUT2D eigenvalue weighted by Gasteiger charge is -2.12. The van der Waals surface area contributed by atoms with Gasteiger partial charge in [0.1, 0.15) is 0 Å². The van der Waals surface area contributed by atoms with Crippen molar-refractivity contribution in [3.8, 4) is 0 Å². The molecule has 1 aromatic heterocycles. The van der Waals surface area contributed by atoms with Gasteiger partial charge in [-0.05, 0) is 60.3 Å². The smallest absolute Gasteiger partial charge is 0.0767 e. The fourth-order valence-corrected chi connectivity index (χ4v) is 3.00. The van der Waals surface area contributed by atoms with Crippen LogP contribution in [0.5, 0.6) is 0 Å². The normalized spacial score (nSPS) is 10.8. The van der Waals surface area contributed by atoms with Crippen molar-refractivity contribution < 1.29 is 0 Å². The number of anilines is 1. The van der Waals surface area contributed by atoms with E-state index in [1.54, 1.807) is 0 Å². The van der Waals surface area contributed by atoms with Crippen molar-refractivity contribution in [1.82, 2.24) is 9.78 Å². The lowest BCUT2D eigenvalue weighted by Crippen LogP contribution is -2.09. The molecule has 0 aliphatic heterocycles. The molecule has 1 N–H and O–H groups in total. The van der Waals surface area contributed by atoms with Gasteiger partial charge in [0, 0.05) is 12.2 Å². The molecular weight excluding hydrogens is 314 g/mol. The average Bonchev–Trinajstić information content (AvgIpc) is 2.75. The van der Waals surface area contributed by atoms with Crippen LogP contribution in [0.2, 0.25) is 0 Å². The summed E-state index contributed by atoms with van der Waals surface area (Å²) < 4.78 is 3.21. The maximum absolute atomic E-state index is 4.63. The topological polar surface area (TPSA) is 29.9 Å². The van der Waals surface area contributed by atoms with Crippen LogP contribution in [-0.4, -0.2) is 9.78 Å². The van der Waals surface area contributed by atoms with Crippen LogP contribution in [0.25, 0.3) is 0 Å². The van der Waals surface area contributed by atoms with Gasteiger partial charge in [-0.3, -0.25) is 4.68 Å². The van der Waals surface area contributed by atoms with Crippen molar-refractivity contribution in [2.45, 2.75) is 47.2 Å². The van der Waals surface area contributed by atoms with Crippen LogP contribution in [-0.2, 0) is 19.5 Å². The molecular formula is C16H22BrN3. The minimum absolute atomic E-state index is 0.783. The van der Waals surface area contributed by atoms with E-state index in [1.165, 1.54) is 22.5 Å². The molecule has 0 amide bonds. The first kappa shape index (κ1) is 15.1. The second-order valence-electron chi connectivity index (χ2n) is 5.05. The van der Waals surface area contributed by atoms with Crippen LogP contribution >= 0.6 is 15.9 Å². The molecule has 108 valence electrons. The predicted octanol–water partition coefficient (Wildman–Crippen LogP) is 4.46. The lowest BCUT2D eigenvalue weighted by atomic mass is 10.1. The molecule has 20 heavy (non-hydrogen) atoms. The van der Waals surface area contributed by atoms with Crippen LogP contribution in [0.1, 0.15) is 36.4 Å². The standard InChI is InChI=1S/C16H22BrN3/c1-5-13-16(17)15(20(6-2)19-13)10-18-14-9-11(3)7-8-12(14)4/h7-9,18H,5-6,10H2,1-4H3. The van der Waals surface area contributed by atoms with E-state index in [-0.39, 0.29) is 0 Å². The molecule has 2 aromatic rings. The van der Waals surface area contributed by atoms with Crippen molar-refractivity contribution >= 4 is 21.6 Å². The summed E-state index contributed by atoms with van der Waals surface area (Å²) in [5.41, 5.74) is 6.08. The summed E-state index contributed by atoms with van der Waals surface area (Å²) in [5.74, 6) is 0. The molecule has 0 atom stereocenters. The highest BCUT2D eigenvalue weighted by molar-refractivity contribution is 9.10.